The molecule has 0 aromatic heterocycles. The molecular formula is C14H22O3SeSi. The van der Waals surface area contributed by atoms with Crippen LogP contribution >= 0.6 is 0 Å². The van der Waals surface area contributed by atoms with Crippen LogP contribution < -0.4 is 4.46 Å². The van der Waals surface area contributed by atoms with E-state index in [-0.39, 0.29) is 20.9 Å². The molecular weight excluding hydrogens is 323 g/mol. The molecule has 0 aliphatic carbocycles. The number of esters is 1. The quantitative estimate of drug-likeness (QED) is 0.559. The Hall–Kier alpha value is -0.614. The van der Waals surface area contributed by atoms with E-state index in [4.69, 9.17) is 9.47 Å². The van der Waals surface area contributed by atoms with E-state index in [9.17, 15) is 4.79 Å². The first-order valence-electron chi connectivity index (χ1n) is 6.33. The molecule has 1 unspecified atom stereocenters. The molecule has 0 amide bonds. The van der Waals surface area contributed by atoms with Gasteiger partial charge in [0.15, 0.2) is 0 Å². The second kappa shape index (κ2) is 7.85. The fraction of sp³-hybridized carbons (Fsp3) is 0.500. The van der Waals surface area contributed by atoms with E-state index < -0.39 is 13.1 Å². The van der Waals surface area contributed by atoms with Crippen LogP contribution in [0.4, 0.5) is 0 Å². The predicted molar refractivity (Wildman–Crippen MR) is 81.7 cm³/mol. The summed E-state index contributed by atoms with van der Waals surface area (Å²) in [5.74, 6) is -0.264. The first-order valence-corrected chi connectivity index (χ1v) is 11.9. The molecule has 0 fully saturated rings. The molecule has 0 spiro atoms. The third-order valence-electron chi connectivity index (χ3n) is 2.50. The molecule has 19 heavy (non-hydrogen) atoms. The van der Waals surface area contributed by atoms with Crippen molar-refractivity contribution >= 4 is 33.5 Å². The van der Waals surface area contributed by atoms with Gasteiger partial charge in [-0.1, -0.05) is 0 Å². The van der Waals surface area contributed by atoms with Crippen LogP contribution in [0, 0.1) is 0 Å². The van der Waals surface area contributed by atoms with Crippen LogP contribution in [0.15, 0.2) is 30.3 Å². The number of ether oxygens (including phenoxy) is 2. The van der Waals surface area contributed by atoms with Gasteiger partial charge in [0.1, 0.15) is 0 Å². The minimum atomic E-state index is -1.13. The van der Waals surface area contributed by atoms with Crippen molar-refractivity contribution in [3.05, 3.63) is 30.3 Å². The van der Waals surface area contributed by atoms with E-state index in [1.165, 1.54) is 7.11 Å². The average Bonchev–Trinajstić information content (AvgIpc) is 2.36. The number of hydrogen-bond donors (Lipinski definition) is 0. The zero-order valence-corrected chi connectivity index (χ0v) is 14.7. The monoisotopic (exact) mass is 346 g/mol. The zero-order chi connectivity index (χ0) is 14.3. The molecule has 1 aromatic rings. The number of hydrogen-bond acceptors (Lipinski definition) is 3. The van der Waals surface area contributed by atoms with Gasteiger partial charge >= 0.3 is 122 Å². The van der Waals surface area contributed by atoms with Crippen molar-refractivity contribution in [1.82, 2.24) is 0 Å². The van der Waals surface area contributed by atoms with Gasteiger partial charge in [0, 0.05) is 0 Å². The summed E-state index contributed by atoms with van der Waals surface area (Å²) in [7, 11) is 0.284. The Labute approximate surface area is 122 Å². The van der Waals surface area contributed by atoms with Crippen LogP contribution in [0.2, 0.25) is 25.7 Å². The van der Waals surface area contributed by atoms with Gasteiger partial charge < -0.3 is 0 Å². The van der Waals surface area contributed by atoms with Gasteiger partial charge in [-0.2, -0.15) is 0 Å². The molecule has 1 aromatic carbocycles. The Kier molecular flexibility index (Phi) is 6.79. The van der Waals surface area contributed by atoms with E-state index in [0.717, 1.165) is 10.5 Å². The van der Waals surface area contributed by atoms with E-state index in [1.807, 2.05) is 30.3 Å². The van der Waals surface area contributed by atoms with Crippen LogP contribution in [0.1, 0.15) is 0 Å². The number of benzene rings is 1. The second-order valence-electron chi connectivity index (χ2n) is 5.47. The van der Waals surface area contributed by atoms with Crippen molar-refractivity contribution < 1.29 is 14.3 Å². The summed E-state index contributed by atoms with van der Waals surface area (Å²) >= 11 is -0.0478. The van der Waals surface area contributed by atoms with Gasteiger partial charge in [-0.25, -0.2) is 0 Å². The summed E-state index contributed by atoms with van der Waals surface area (Å²) in [5, 5.41) is -0.434. The summed E-state index contributed by atoms with van der Waals surface area (Å²) in [6.07, 6.45) is 0. The Balaban J connectivity index is 2.55. The number of methoxy groups -OCH3 is 1. The molecule has 0 aliphatic heterocycles. The van der Waals surface area contributed by atoms with Crippen LogP contribution in [0.5, 0.6) is 0 Å². The molecule has 5 heteroatoms. The van der Waals surface area contributed by atoms with E-state index >= 15 is 0 Å². The van der Waals surface area contributed by atoms with Crippen LogP contribution in [-0.4, -0.2) is 47.7 Å². The summed E-state index contributed by atoms with van der Waals surface area (Å²) in [6, 6.07) is 11.0. The van der Waals surface area contributed by atoms with E-state index in [1.54, 1.807) is 0 Å². The first kappa shape index (κ1) is 16.4. The maximum atomic E-state index is 11.8. The number of rotatable bonds is 7. The first-order chi connectivity index (χ1) is 8.92. The zero-order valence-electron chi connectivity index (χ0n) is 12.0. The van der Waals surface area contributed by atoms with Gasteiger partial charge in [0.25, 0.3) is 0 Å². The number of carbonyl (C=O) groups is 1. The second-order valence-corrected chi connectivity index (χ2v) is 13.5. The topological polar surface area (TPSA) is 35.5 Å². The number of carbonyl (C=O) groups excluding carboxylic acids is 1. The maximum absolute atomic E-state index is 11.8. The molecule has 0 heterocycles. The van der Waals surface area contributed by atoms with Gasteiger partial charge in [0.2, 0.25) is 0 Å². The van der Waals surface area contributed by atoms with E-state index in [2.05, 4.69) is 19.6 Å². The Bertz CT molecular complexity index is 389. The summed E-state index contributed by atoms with van der Waals surface area (Å²) in [4.78, 5) is 11.8. The fourth-order valence-electron chi connectivity index (χ4n) is 1.34. The molecule has 0 bridgehead atoms. The van der Waals surface area contributed by atoms with Crippen molar-refractivity contribution in [2.24, 2.45) is 0 Å². The van der Waals surface area contributed by atoms with Crippen molar-refractivity contribution in [1.29, 1.82) is 0 Å². The summed E-state index contributed by atoms with van der Waals surface area (Å²) in [5.41, 5.74) is 0. The molecule has 106 valence electrons. The van der Waals surface area contributed by atoms with Crippen LogP contribution in [0.25, 0.3) is 0 Å². The van der Waals surface area contributed by atoms with Crippen molar-refractivity contribution in [2.45, 2.75) is 30.7 Å². The summed E-state index contributed by atoms with van der Waals surface area (Å²) in [6.45, 7) is 7.54. The van der Waals surface area contributed by atoms with Crippen LogP contribution in [-0.2, 0) is 14.3 Å². The Morgan fingerprint density at radius 3 is 2.42 bits per heavy atom. The standard InChI is InChI=1S/C14H22O3SeSi/c1-16-13(15)14(17-10-11-19(2,3)4)18-12-8-6-5-7-9-12/h5-9,14H,10-11H2,1-4H3. The van der Waals surface area contributed by atoms with Crippen molar-refractivity contribution in [2.75, 3.05) is 13.7 Å². The van der Waals surface area contributed by atoms with E-state index in [0.29, 0.717) is 6.61 Å². The van der Waals surface area contributed by atoms with Gasteiger partial charge in [-0.15, -0.1) is 0 Å². The normalized spacial score (nSPS) is 13.1. The third-order valence-corrected chi connectivity index (χ3v) is 6.49. The van der Waals surface area contributed by atoms with Gasteiger partial charge in [-0.3, -0.25) is 0 Å². The van der Waals surface area contributed by atoms with Gasteiger partial charge in [-0.05, 0) is 0 Å². The summed E-state index contributed by atoms with van der Waals surface area (Å²) < 4.78 is 11.7. The predicted octanol–water partition coefficient (Wildman–Crippen LogP) is 1.87. The molecule has 0 aliphatic rings. The molecule has 0 saturated carbocycles. The molecule has 3 nitrogen and oxygen atoms in total. The molecule has 0 saturated heterocycles. The SMILES string of the molecule is COC(=O)C(OCC[Si](C)(C)C)[Se]c1ccccc1. The Morgan fingerprint density at radius 1 is 1.26 bits per heavy atom. The molecule has 1 atom stereocenters. The molecule has 1 rings (SSSR count). The Morgan fingerprint density at radius 2 is 1.89 bits per heavy atom. The minimum absolute atomic E-state index is 0.0478. The van der Waals surface area contributed by atoms with Crippen molar-refractivity contribution in [3.63, 3.8) is 0 Å². The molecule has 0 N–H and O–H groups in total. The molecule has 0 radical (unpaired) electrons. The van der Waals surface area contributed by atoms with Crippen LogP contribution in [0.3, 0.4) is 0 Å². The third kappa shape index (κ3) is 6.92. The van der Waals surface area contributed by atoms with Gasteiger partial charge in [0.05, 0.1) is 0 Å². The van der Waals surface area contributed by atoms with Crippen molar-refractivity contribution in [3.8, 4) is 0 Å². The fourth-order valence-corrected chi connectivity index (χ4v) is 4.00. The average molecular weight is 345 g/mol.